The van der Waals surface area contributed by atoms with Crippen molar-refractivity contribution in [2.75, 3.05) is 4.72 Å². The summed E-state index contributed by atoms with van der Waals surface area (Å²) < 4.78 is 34.6. The molecule has 0 saturated heterocycles. The number of anilines is 1. The molecule has 41 heavy (non-hydrogen) atoms. The maximum Gasteiger partial charge on any atom is 0.343 e. The molecule has 0 spiro atoms. The van der Waals surface area contributed by atoms with E-state index in [-0.39, 0.29) is 33.5 Å². The van der Waals surface area contributed by atoms with Crippen molar-refractivity contribution in [1.82, 2.24) is 0 Å². The zero-order valence-corrected chi connectivity index (χ0v) is 23.8. The van der Waals surface area contributed by atoms with Crippen molar-refractivity contribution < 1.29 is 17.9 Å². The molecule has 7 heteroatoms. The fourth-order valence-corrected chi connectivity index (χ4v) is 7.52. The Bertz CT molecular complexity index is 1670. The highest BCUT2D eigenvalue weighted by molar-refractivity contribution is 7.92. The Morgan fingerprint density at radius 1 is 0.902 bits per heavy atom. The van der Waals surface area contributed by atoms with Crippen LogP contribution < -0.4 is 10.3 Å². The lowest BCUT2D eigenvalue weighted by Crippen LogP contribution is -2.26. The smallest absolute Gasteiger partial charge is 0.343 e. The average Bonchev–Trinajstić information content (AvgIpc) is 3.70. The van der Waals surface area contributed by atoms with Crippen molar-refractivity contribution in [3.63, 3.8) is 0 Å². The number of rotatable bonds is 10. The average molecular weight is 570 g/mol. The van der Waals surface area contributed by atoms with Gasteiger partial charge in [-0.1, -0.05) is 73.5 Å². The van der Waals surface area contributed by atoms with Crippen molar-refractivity contribution in [2.24, 2.45) is 5.92 Å². The van der Waals surface area contributed by atoms with E-state index in [1.165, 1.54) is 5.56 Å². The lowest BCUT2D eigenvalue weighted by Gasteiger charge is -2.28. The molecule has 1 heterocycles. The molecule has 2 aliphatic rings. The molecule has 0 aliphatic heterocycles. The van der Waals surface area contributed by atoms with E-state index in [9.17, 15) is 18.3 Å². The van der Waals surface area contributed by atoms with Gasteiger partial charge in [-0.15, -0.1) is 0 Å². The first kappa shape index (κ1) is 27.3. The molecule has 2 N–H and O–H groups in total. The van der Waals surface area contributed by atoms with Crippen LogP contribution in [0.2, 0.25) is 0 Å². The Kier molecular flexibility index (Phi) is 7.47. The maximum atomic E-state index is 13.6. The van der Waals surface area contributed by atoms with E-state index in [0.29, 0.717) is 11.4 Å². The molecular weight excluding hydrogens is 534 g/mol. The van der Waals surface area contributed by atoms with Crippen LogP contribution in [0, 0.1) is 5.92 Å². The van der Waals surface area contributed by atoms with Crippen LogP contribution in [0.25, 0.3) is 0 Å². The van der Waals surface area contributed by atoms with E-state index in [0.717, 1.165) is 56.9 Å². The van der Waals surface area contributed by atoms with Gasteiger partial charge in [-0.05, 0) is 79.8 Å². The predicted molar refractivity (Wildman–Crippen MR) is 160 cm³/mol. The predicted octanol–water partition coefficient (Wildman–Crippen LogP) is 7.13. The summed E-state index contributed by atoms with van der Waals surface area (Å²) in [6, 6.07) is 27.3. The van der Waals surface area contributed by atoms with Crippen LogP contribution in [-0.4, -0.2) is 13.5 Å². The van der Waals surface area contributed by atoms with Gasteiger partial charge >= 0.3 is 5.63 Å². The molecule has 1 unspecified atom stereocenters. The SMILES string of the molecule is O=c1oc(C2(CCc3ccccc3)CCCC2)cc(O)c1C(c1cccc(NS(=O)(=O)c2ccccc2)c1)C1CC1. The highest BCUT2D eigenvalue weighted by Gasteiger charge is 2.41. The number of aryl methyl sites for hydroxylation is 1. The fraction of sp³-hybridized carbons (Fsp3) is 0.324. The van der Waals surface area contributed by atoms with Gasteiger partial charge in [0.25, 0.3) is 10.0 Å². The third-order valence-corrected chi connectivity index (χ3v) is 10.1. The van der Waals surface area contributed by atoms with Gasteiger partial charge in [0.2, 0.25) is 0 Å². The number of hydrogen-bond donors (Lipinski definition) is 2. The third kappa shape index (κ3) is 5.82. The standard InChI is InChI=1S/C34H35NO5S/c36-29-23-30(34(19-7-8-20-34)21-18-24-10-3-1-4-11-24)40-33(37)32(29)31(25-16-17-25)26-12-9-13-27(22-26)35-41(38,39)28-14-5-2-6-15-28/h1-6,9-15,22-23,25,31,35-36H,7-8,16-21H2. The van der Waals surface area contributed by atoms with Gasteiger partial charge in [0.1, 0.15) is 11.5 Å². The molecule has 0 bridgehead atoms. The largest absolute Gasteiger partial charge is 0.507 e. The van der Waals surface area contributed by atoms with Gasteiger partial charge in [0.15, 0.2) is 0 Å². The summed E-state index contributed by atoms with van der Waals surface area (Å²) in [5.41, 5.74) is 1.92. The molecule has 0 amide bonds. The van der Waals surface area contributed by atoms with Crippen LogP contribution in [0.5, 0.6) is 5.75 Å². The Labute approximate surface area is 241 Å². The van der Waals surface area contributed by atoms with Gasteiger partial charge in [0.05, 0.1) is 10.5 Å². The summed E-state index contributed by atoms with van der Waals surface area (Å²) in [6.07, 6.45) is 7.57. The molecule has 4 aromatic rings. The minimum absolute atomic E-state index is 0.0330. The molecule has 2 saturated carbocycles. The van der Waals surface area contributed by atoms with Crippen LogP contribution in [-0.2, 0) is 21.9 Å². The molecule has 6 rings (SSSR count). The van der Waals surface area contributed by atoms with E-state index in [4.69, 9.17) is 4.42 Å². The van der Waals surface area contributed by atoms with Gasteiger partial charge in [-0.25, -0.2) is 13.2 Å². The maximum absolute atomic E-state index is 13.6. The normalized spacial score (nSPS) is 17.3. The van der Waals surface area contributed by atoms with E-state index in [1.807, 2.05) is 24.3 Å². The van der Waals surface area contributed by atoms with E-state index < -0.39 is 15.6 Å². The molecule has 3 aromatic carbocycles. The highest BCUT2D eigenvalue weighted by atomic mass is 32.2. The Morgan fingerprint density at radius 3 is 2.24 bits per heavy atom. The second-order valence-electron chi connectivity index (χ2n) is 11.5. The number of nitrogens with one attached hydrogen (secondary N) is 1. The van der Waals surface area contributed by atoms with E-state index in [1.54, 1.807) is 54.6 Å². The van der Waals surface area contributed by atoms with Crippen molar-refractivity contribution >= 4 is 15.7 Å². The van der Waals surface area contributed by atoms with E-state index >= 15 is 0 Å². The van der Waals surface area contributed by atoms with Crippen LogP contribution in [0.3, 0.4) is 0 Å². The Morgan fingerprint density at radius 2 is 1.59 bits per heavy atom. The molecule has 6 nitrogen and oxygen atoms in total. The zero-order valence-electron chi connectivity index (χ0n) is 23.0. The lowest BCUT2D eigenvalue weighted by molar-refractivity contribution is 0.292. The van der Waals surface area contributed by atoms with Crippen LogP contribution in [0.15, 0.2) is 105 Å². The van der Waals surface area contributed by atoms with Crippen molar-refractivity contribution in [3.05, 3.63) is 124 Å². The second kappa shape index (κ2) is 11.2. The Balaban J connectivity index is 1.31. The summed E-state index contributed by atoms with van der Waals surface area (Å²) in [5, 5.41) is 11.4. The van der Waals surface area contributed by atoms with Crippen molar-refractivity contribution in [2.45, 2.75) is 67.6 Å². The topological polar surface area (TPSA) is 96.6 Å². The van der Waals surface area contributed by atoms with Crippen molar-refractivity contribution in [3.8, 4) is 5.75 Å². The summed E-state index contributed by atoms with van der Waals surface area (Å²) >= 11 is 0. The monoisotopic (exact) mass is 569 g/mol. The minimum atomic E-state index is -3.77. The molecule has 1 atom stereocenters. The molecule has 212 valence electrons. The third-order valence-electron chi connectivity index (χ3n) is 8.74. The second-order valence-corrected chi connectivity index (χ2v) is 13.2. The lowest BCUT2D eigenvalue weighted by atomic mass is 9.77. The quantitative estimate of drug-likeness (QED) is 0.212. The van der Waals surface area contributed by atoms with Gasteiger partial charge in [-0.2, -0.15) is 0 Å². The number of benzene rings is 3. The molecule has 2 aliphatic carbocycles. The molecular formula is C34H35NO5S. The number of hydrogen-bond acceptors (Lipinski definition) is 5. The first-order valence-electron chi connectivity index (χ1n) is 14.4. The molecule has 0 radical (unpaired) electrons. The summed E-state index contributed by atoms with van der Waals surface area (Å²) in [7, 11) is -3.77. The minimum Gasteiger partial charge on any atom is -0.507 e. The summed E-state index contributed by atoms with van der Waals surface area (Å²) in [5.74, 6) is 0.338. The Hall–Kier alpha value is -3.84. The van der Waals surface area contributed by atoms with Crippen LogP contribution in [0.1, 0.15) is 73.3 Å². The first-order valence-corrected chi connectivity index (χ1v) is 15.9. The number of sulfonamides is 1. The highest BCUT2D eigenvalue weighted by Crippen LogP contribution is 2.50. The van der Waals surface area contributed by atoms with Crippen LogP contribution >= 0.6 is 0 Å². The molecule has 2 fully saturated rings. The van der Waals surface area contributed by atoms with Crippen molar-refractivity contribution in [1.29, 1.82) is 0 Å². The van der Waals surface area contributed by atoms with Gasteiger partial charge in [0, 0.05) is 23.1 Å². The van der Waals surface area contributed by atoms with Gasteiger partial charge < -0.3 is 9.52 Å². The molecule has 1 aromatic heterocycles. The summed E-state index contributed by atoms with van der Waals surface area (Å²) in [4.78, 5) is 13.8. The zero-order chi connectivity index (χ0) is 28.5. The number of aromatic hydroxyl groups is 1. The fourth-order valence-electron chi connectivity index (χ4n) is 6.45. The first-order chi connectivity index (χ1) is 19.8. The van der Waals surface area contributed by atoms with Gasteiger partial charge in [-0.3, -0.25) is 4.72 Å². The van der Waals surface area contributed by atoms with E-state index in [2.05, 4.69) is 16.9 Å². The van der Waals surface area contributed by atoms with Crippen LogP contribution in [0.4, 0.5) is 5.69 Å². The summed E-state index contributed by atoms with van der Waals surface area (Å²) in [6.45, 7) is 0.